The van der Waals surface area contributed by atoms with E-state index in [1.165, 1.54) is 12.1 Å². The Morgan fingerprint density at radius 1 is 1.03 bits per heavy atom. The summed E-state index contributed by atoms with van der Waals surface area (Å²) < 4.78 is 41.1. The molecule has 1 fully saturated rings. The van der Waals surface area contributed by atoms with Crippen LogP contribution in [0, 0.1) is 0 Å². The minimum Gasteiger partial charge on any atom is -0.347 e. The first-order valence-corrected chi connectivity index (χ1v) is 9.37. The Hall–Kier alpha value is -3.88. The van der Waals surface area contributed by atoms with Crippen LogP contribution >= 0.6 is 0 Å². The van der Waals surface area contributed by atoms with Gasteiger partial charge in [0.1, 0.15) is 5.57 Å². The van der Waals surface area contributed by atoms with Crippen molar-refractivity contribution in [3.05, 3.63) is 71.4 Å². The second-order valence-corrected chi connectivity index (χ2v) is 6.89. The number of hydrogen-bond acceptors (Lipinski definition) is 3. The molecular formula is C22H16F3N3O3. The highest BCUT2D eigenvalue weighted by molar-refractivity contribution is 6.39. The molecule has 4 rings (SSSR count). The van der Waals surface area contributed by atoms with E-state index in [0.29, 0.717) is 23.1 Å². The van der Waals surface area contributed by atoms with Crippen LogP contribution < -0.4 is 10.2 Å². The SMILES string of the molecule is CCn1cc(/C=C2\C(=O)NC(=O)N(c3cccc(C(F)(F)F)c3)C2=O)c2ccccc21. The molecule has 1 aliphatic heterocycles. The lowest BCUT2D eigenvalue weighted by molar-refractivity contribution is -0.137. The lowest BCUT2D eigenvalue weighted by atomic mass is 10.1. The van der Waals surface area contributed by atoms with Crippen molar-refractivity contribution in [1.29, 1.82) is 0 Å². The molecule has 2 aromatic carbocycles. The zero-order valence-electron chi connectivity index (χ0n) is 16.2. The molecule has 0 bridgehead atoms. The molecule has 6 nitrogen and oxygen atoms in total. The second kappa shape index (κ2) is 7.42. The quantitative estimate of drug-likeness (QED) is 0.499. The summed E-state index contributed by atoms with van der Waals surface area (Å²) in [5, 5.41) is 2.82. The van der Waals surface area contributed by atoms with Crippen LogP contribution in [0.5, 0.6) is 0 Å². The van der Waals surface area contributed by atoms with Crippen LogP contribution in [0.1, 0.15) is 18.1 Å². The van der Waals surface area contributed by atoms with Gasteiger partial charge in [-0.2, -0.15) is 13.2 Å². The Bertz CT molecular complexity index is 1260. The van der Waals surface area contributed by atoms with E-state index in [1.807, 2.05) is 41.1 Å². The maximum absolute atomic E-state index is 13.1. The Morgan fingerprint density at radius 3 is 2.48 bits per heavy atom. The summed E-state index contributed by atoms with van der Waals surface area (Å²) >= 11 is 0. The van der Waals surface area contributed by atoms with Crippen molar-refractivity contribution in [2.75, 3.05) is 4.90 Å². The van der Waals surface area contributed by atoms with Gasteiger partial charge in [0.2, 0.25) is 0 Å². The normalized spacial score (nSPS) is 16.3. The standard InChI is InChI=1S/C22H16F3N3O3/c1-2-27-12-13(16-8-3-4-9-18(16)27)10-17-19(29)26-21(31)28(20(17)30)15-7-5-6-14(11-15)22(23,24)25/h3-12H,2H2,1H3,(H,26,29,31)/b17-10+. The highest BCUT2D eigenvalue weighted by atomic mass is 19.4. The van der Waals surface area contributed by atoms with Gasteiger partial charge in [-0.05, 0) is 37.3 Å². The zero-order valence-corrected chi connectivity index (χ0v) is 16.2. The molecule has 158 valence electrons. The van der Waals surface area contributed by atoms with Crippen molar-refractivity contribution >= 4 is 40.5 Å². The lowest BCUT2D eigenvalue weighted by Crippen LogP contribution is -2.54. The number of urea groups is 1. The number of para-hydroxylation sites is 1. The molecule has 0 saturated carbocycles. The first-order chi connectivity index (χ1) is 14.7. The Balaban J connectivity index is 1.80. The number of nitrogens with one attached hydrogen (secondary N) is 1. The van der Waals surface area contributed by atoms with Gasteiger partial charge in [-0.3, -0.25) is 14.9 Å². The molecule has 3 aromatic rings. The van der Waals surface area contributed by atoms with Crippen LogP contribution in [0.15, 0.2) is 60.3 Å². The summed E-state index contributed by atoms with van der Waals surface area (Å²) in [6.07, 6.45) is -1.54. The third-order valence-electron chi connectivity index (χ3n) is 4.99. The summed E-state index contributed by atoms with van der Waals surface area (Å²) in [6.45, 7) is 2.59. The molecule has 9 heteroatoms. The largest absolute Gasteiger partial charge is 0.416 e. The van der Waals surface area contributed by atoms with Gasteiger partial charge in [0.25, 0.3) is 11.8 Å². The predicted molar refractivity (Wildman–Crippen MR) is 108 cm³/mol. The van der Waals surface area contributed by atoms with Gasteiger partial charge in [-0.15, -0.1) is 0 Å². The first-order valence-electron chi connectivity index (χ1n) is 9.37. The molecule has 0 aliphatic carbocycles. The number of carbonyl (C=O) groups excluding carboxylic acids is 3. The number of hydrogen-bond donors (Lipinski definition) is 1. The third kappa shape index (κ3) is 3.58. The van der Waals surface area contributed by atoms with Crippen molar-refractivity contribution < 1.29 is 27.6 Å². The molecule has 1 aliphatic rings. The first kappa shape index (κ1) is 20.4. The summed E-state index contributed by atoms with van der Waals surface area (Å²) in [5.41, 5.74) is -0.178. The molecule has 0 atom stereocenters. The molecule has 2 heterocycles. The van der Waals surface area contributed by atoms with Crippen LogP contribution in [0.25, 0.3) is 17.0 Å². The van der Waals surface area contributed by atoms with E-state index in [-0.39, 0.29) is 11.3 Å². The molecule has 1 aromatic heterocycles. The molecule has 0 radical (unpaired) electrons. The second-order valence-electron chi connectivity index (χ2n) is 6.89. The average Bonchev–Trinajstić information content (AvgIpc) is 3.08. The van der Waals surface area contributed by atoms with Crippen molar-refractivity contribution in [3.8, 4) is 0 Å². The number of barbiturate groups is 1. The van der Waals surface area contributed by atoms with Gasteiger partial charge in [0.05, 0.1) is 11.3 Å². The highest BCUT2D eigenvalue weighted by Crippen LogP contribution is 2.33. The molecule has 4 amide bonds. The maximum Gasteiger partial charge on any atom is 0.416 e. The Kier molecular flexibility index (Phi) is 4.88. The van der Waals surface area contributed by atoms with Crippen molar-refractivity contribution in [2.24, 2.45) is 0 Å². The van der Waals surface area contributed by atoms with Gasteiger partial charge in [-0.1, -0.05) is 24.3 Å². The molecule has 31 heavy (non-hydrogen) atoms. The van der Waals surface area contributed by atoms with E-state index in [9.17, 15) is 27.6 Å². The highest BCUT2D eigenvalue weighted by Gasteiger charge is 2.38. The number of anilines is 1. The number of fused-ring (bicyclic) bond motifs is 1. The predicted octanol–water partition coefficient (Wildman–Crippen LogP) is 4.35. The van der Waals surface area contributed by atoms with Crippen molar-refractivity contribution in [1.82, 2.24) is 9.88 Å². The van der Waals surface area contributed by atoms with Gasteiger partial charge in [0.15, 0.2) is 0 Å². The lowest BCUT2D eigenvalue weighted by Gasteiger charge is -2.26. The van der Waals surface area contributed by atoms with Crippen molar-refractivity contribution in [2.45, 2.75) is 19.6 Å². The summed E-state index contributed by atoms with van der Waals surface area (Å²) in [7, 11) is 0. The van der Waals surface area contributed by atoms with Crippen LogP contribution in [0.3, 0.4) is 0 Å². The number of carbonyl (C=O) groups is 3. The number of imide groups is 2. The fourth-order valence-electron chi connectivity index (χ4n) is 3.52. The monoisotopic (exact) mass is 427 g/mol. The molecule has 0 spiro atoms. The Morgan fingerprint density at radius 2 is 1.77 bits per heavy atom. The van der Waals surface area contributed by atoms with E-state index >= 15 is 0 Å². The smallest absolute Gasteiger partial charge is 0.347 e. The number of aryl methyl sites for hydroxylation is 1. The molecule has 0 unspecified atom stereocenters. The summed E-state index contributed by atoms with van der Waals surface area (Å²) in [6, 6.07) is 10.1. The van der Waals surface area contributed by atoms with Crippen LogP contribution in [-0.4, -0.2) is 22.4 Å². The van der Waals surface area contributed by atoms with E-state index in [0.717, 1.165) is 23.0 Å². The zero-order chi connectivity index (χ0) is 22.3. The summed E-state index contributed by atoms with van der Waals surface area (Å²) in [4.78, 5) is 38.2. The molecule has 1 N–H and O–H groups in total. The molecule has 1 saturated heterocycles. The maximum atomic E-state index is 13.1. The minimum atomic E-state index is -4.65. The Labute approximate surface area is 174 Å². The van der Waals surface area contributed by atoms with Crippen LogP contribution in [0.2, 0.25) is 0 Å². The summed E-state index contributed by atoms with van der Waals surface area (Å²) in [5.74, 6) is -1.91. The topological polar surface area (TPSA) is 71.4 Å². The number of nitrogens with zero attached hydrogens (tertiary/aromatic N) is 2. The number of amides is 4. The van der Waals surface area contributed by atoms with E-state index < -0.39 is 29.6 Å². The van der Waals surface area contributed by atoms with Gasteiger partial charge < -0.3 is 4.57 Å². The fraction of sp³-hybridized carbons (Fsp3) is 0.136. The minimum absolute atomic E-state index is 0.285. The van der Waals surface area contributed by atoms with Gasteiger partial charge in [0, 0.05) is 29.2 Å². The number of rotatable bonds is 3. The van der Waals surface area contributed by atoms with Crippen LogP contribution in [0.4, 0.5) is 23.7 Å². The van der Waals surface area contributed by atoms with E-state index in [2.05, 4.69) is 0 Å². The van der Waals surface area contributed by atoms with E-state index in [4.69, 9.17) is 0 Å². The van der Waals surface area contributed by atoms with Gasteiger partial charge in [-0.25, -0.2) is 9.69 Å². The average molecular weight is 427 g/mol. The number of alkyl halides is 3. The third-order valence-corrected chi connectivity index (χ3v) is 4.99. The van der Waals surface area contributed by atoms with Crippen molar-refractivity contribution in [3.63, 3.8) is 0 Å². The van der Waals surface area contributed by atoms with E-state index in [1.54, 1.807) is 6.20 Å². The number of benzene rings is 2. The number of aromatic nitrogens is 1. The van der Waals surface area contributed by atoms with Crippen LogP contribution in [-0.2, 0) is 22.3 Å². The van der Waals surface area contributed by atoms with Gasteiger partial charge >= 0.3 is 12.2 Å². The fourth-order valence-corrected chi connectivity index (χ4v) is 3.52. The number of halogens is 3. The molecular weight excluding hydrogens is 411 g/mol.